The molecule has 0 heterocycles. The number of hydrogen-bond donors (Lipinski definition) is 0. The van der Waals surface area contributed by atoms with Gasteiger partial charge < -0.3 is 17.5 Å². The van der Waals surface area contributed by atoms with Gasteiger partial charge in [0.25, 0.3) is 0 Å². The maximum Gasteiger partial charge on any atom is 2.00 e. The molecule has 6 nitrogen and oxygen atoms in total. The summed E-state index contributed by atoms with van der Waals surface area (Å²) in [7, 11) is 0. The topological polar surface area (TPSA) is 98.7 Å². The van der Waals surface area contributed by atoms with Gasteiger partial charge in [0, 0.05) is 0 Å². The number of rotatable bonds is 4. The van der Waals surface area contributed by atoms with Gasteiger partial charge in [-0.25, -0.2) is 8.42 Å². The van der Waals surface area contributed by atoms with E-state index in [1.165, 1.54) is 0 Å². The minimum absolute atomic E-state index is 0. The molecule has 0 saturated heterocycles. The Morgan fingerprint density at radius 3 is 1.23 bits per heavy atom. The Bertz CT molecular complexity index is 163. The Morgan fingerprint density at radius 2 is 1.23 bits per heavy atom. The van der Waals surface area contributed by atoms with E-state index in [0.717, 1.165) is 12.5 Å². The molecule has 0 aromatic heterocycles. The van der Waals surface area contributed by atoms with E-state index in [2.05, 4.69) is 21.5 Å². The van der Waals surface area contributed by atoms with E-state index in [1.54, 1.807) is 0 Å². The Morgan fingerprint density at radius 1 is 1.00 bits per heavy atom. The van der Waals surface area contributed by atoms with E-state index in [4.69, 9.17) is 0 Å². The number of hydrogen-bond acceptors (Lipinski definition) is 6. The van der Waals surface area contributed by atoms with Gasteiger partial charge in [0.1, 0.15) is 22.7 Å². The van der Waals surface area contributed by atoms with Gasteiger partial charge in [-0.05, 0) is 0 Å². The SMILES string of the molecule is C=COS(=O)[O-].C=COS(=O)[O-].[Cu+2]. The second-order valence-corrected chi connectivity index (χ2v) is 2.14. The van der Waals surface area contributed by atoms with Crippen molar-refractivity contribution in [2.75, 3.05) is 0 Å². The fraction of sp³-hybridized carbons (Fsp3) is 0. The Labute approximate surface area is 91.5 Å². The van der Waals surface area contributed by atoms with Crippen LogP contribution in [-0.2, 0) is 48.2 Å². The predicted molar refractivity (Wildman–Crippen MR) is 40.4 cm³/mol. The standard InChI is InChI=1S/2C2H4O3S.Cu/c2*1-2-5-6(3)4;/h2*2H,1H2,(H,3,4);/q;;+2/p-2. The molecular formula is C4H6CuO6S2. The Kier molecular flexibility index (Phi) is 20.5. The molecule has 0 amide bonds. The molecule has 81 valence electrons. The zero-order valence-electron chi connectivity index (χ0n) is 6.14. The smallest absolute Gasteiger partial charge is 0.740 e. The van der Waals surface area contributed by atoms with Gasteiger partial charge in [0.15, 0.2) is 0 Å². The molecule has 0 fully saturated rings. The average Bonchev–Trinajstić information content (AvgIpc) is 1.87. The van der Waals surface area contributed by atoms with E-state index in [9.17, 15) is 17.5 Å². The molecule has 0 aromatic rings. The Balaban J connectivity index is -0.000000143. The van der Waals surface area contributed by atoms with E-state index >= 15 is 0 Å². The first-order valence-corrected chi connectivity index (χ1v) is 4.29. The summed E-state index contributed by atoms with van der Waals surface area (Å²) in [5.41, 5.74) is 0. The third-order valence-corrected chi connectivity index (χ3v) is 0.880. The van der Waals surface area contributed by atoms with Crippen molar-refractivity contribution in [2.24, 2.45) is 0 Å². The van der Waals surface area contributed by atoms with Crippen LogP contribution in [0.4, 0.5) is 0 Å². The maximum absolute atomic E-state index is 9.31. The summed E-state index contributed by atoms with van der Waals surface area (Å²) in [4.78, 5) is 0. The molecule has 0 rings (SSSR count). The molecule has 0 aromatic carbocycles. The molecule has 2 atom stereocenters. The zero-order valence-corrected chi connectivity index (χ0v) is 8.71. The van der Waals surface area contributed by atoms with Gasteiger partial charge >= 0.3 is 17.1 Å². The van der Waals surface area contributed by atoms with Crippen molar-refractivity contribution in [3.8, 4) is 0 Å². The molecule has 0 bridgehead atoms. The van der Waals surface area contributed by atoms with Crippen LogP contribution in [0.1, 0.15) is 0 Å². The molecule has 0 spiro atoms. The van der Waals surface area contributed by atoms with Crippen LogP contribution in [0.5, 0.6) is 0 Å². The first-order valence-electron chi connectivity index (χ1n) is 2.29. The summed E-state index contributed by atoms with van der Waals surface area (Å²) in [5, 5.41) is 0. The summed E-state index contributed by atoms with van der Waals surface area (Å²) < 4.78 is 44.7. The third-order valence-electron chi connectivity index (χ3n) is 0.293. The maximum atomic E-state index is 9.31. The van der Waals surface area contributed by atoms with Crippen LogP contribution in [0.15, 0.2) is 25.7 Å². The van der Waals surface area contributed by atoms with E-state index < -0.39 is 22.7 Å². The quantitative estimate of drug-likeness (QED) is 0.403. The summed E-state index contributed by atoms with van der Waals surface area (Å²) in [5.74, 6) is 0. The molecular weight excluding hydrogens is 272 g/mol. The van der Waals surface area contributed by atoms with Crippen molar-refractivity contribution in [2.45, 2.75) is 0 Å². The predicted octanol–water partition coefficient (Wildman–Crippen LogP) is -0.121. The summed E-state index contributed by atoms with van der Waals surface area (Å²) in [6, 6.07) is 0. The van der Waals surface area contributed by atoms with Crippen LogP contribution in [0.25, 0.3) is 0 Å². The van der Waals surface area contributed by atoms with Gasteiger partial charge in [-0.15, -0.1) is 0 Å². The zero-order chi connectivity index (χ0) is 9.98. The minimum atomic E-state index is -2.43. The molecule has 1 radical (unpaired) electrons. The molecule has 0 aliphatic carbocycles. The minimum Gasteiger partial charge on any atom is -0.740 e. The molecule has 0 aliphatic heterocycles. The van der Waals surface area contributed by atoms with Gasteiger partial charge in [0.2, 0.25) is 0 Å². The fourth-order valence-corrected chi connectivity index (χ4v) is 0.333. The van der Waals surface area contributed by atoms with Crippen molar-refractivity contribution in [3.63, 3.8) is 0 Å². The van der Waals surface area contributed by atoms with Crippen LogP contribution in [0.3, 0.4) is 0 Å². The van der Waals surface area contributed by atoms with Crippen LogP contribution in [0.2, 0.25) is 0 Å². The second-order valence-electron chi connectivity index (χ2n) is 0.934. The molecule has 0 N–H and O–H groups in total. The van der Waals surface area contributed by atoms with E-state index in [-0.39, 0.29) is 17.1 Å². The van der Waals surface area contributed by atoms with Crippen molar-refractivity contribution in [1.82, 2.24) is 0 Å². The molecule has 0 aliphatic rings. The monoisotopic (exact) mass is 277 g/mol. The van der Waals surface area contributed by atoms with Crippen LogP contribution in [0, 0.1) is 0 Å². The largest absolute Gasteiger partial charge is 2.00 e. The summed E-state index contributed by atoms with van der Waals surface area (Å²) in [6.45, 7) is 5.97. The fourth-order valence-electron chi connectivity index (χ4n) is 0.111. The van der Waals surface area contributed by atoms with Crippen LogP contribution in [-0.4, -0.2) is 17.5 Å². The van der Waals surface area contributed by atoms with Crippen molar-refractivity contribution < 1.29 is 43.0 Å². The first kappa shape index (κ1) is 18.6. The van der Waals surface area contributed by atoms with Crippen molar-refractivity contribution in [3.05, 3.63) is 25.7 Å². The van der Waals surface area contributed by atoms with Crippen LogP contribution < -0.4 is 0 Å². The second kappa shape index (κ2) is 14.3. The van der Waals surface area contributed by atoms with Crippen LogP contribution >= 0.6 is 0 Å². The van der Waals surface area contributed by atoms with Gasteiger partial charge in [-0.2, -0.15) is 0 Å². The third kappa shape index (κ3) is 33.7. The van der Waals surface area contributed by atoms with E-state index in [0.29, 0.717) is 0 Å². The van der Waals surface area contributed by atoms with Crippen molar-refractivity contribution in [1.29, 1.82) is 0 Å². The van der Waals surface area contributed by atoms with Gasteiger partial charge in [-0.3, -0.25) is 0 Å². The summed E-state index contributed by atoms with van der Waals surface area (Å²) in [6.07, 6.45) is 1.67. The summed E-state index contributed by atoms with van der Waals surface area (Å²) >= 11 is -4.87. The molecule has 13 heavy (non-hydrogen) atoms. The molecule has 9 heteroatoms. The normalized spacial score (nSPS) is 11.8. The van der Waals surface area contributed by atoms with Gasteiger partial charge in [-0.1, -0.05) is 13.2 Å². The molecule has 2 unspecified atom stereocenters. The average molecular weight is 278 g/mol. The van der Waals surface area contributed by atoms with Gasteiger partial charge in [0.05, 0.1) is 12.5 Å². The molecule has 0 saturated carbocycles. The Hall–Kier alpha value is -0.181. The first-order chi connectivity index (χ1) is 5.54. The van der Waals surface area contributed by atoms with Crippen molar-refractivity contribution >= 4 is 22.7 Å². The van der Waals surface area contributed by atoms with E-state index in [1.807, 2.05) is 0 Å².